The van der Waals surface area contributed by atoms with Crippen molar-refractivity contribution >= 4 is 17.5 Å². The molecule has 3 unspecified atom stereocenters. The summed E-state index contributed by atoms with van der Waals surface area (Å²) in [5.41, 5.74) is -0.196. The second kappa shape index (κ2) is 6.69. The number of ether oxygens (including phenoxy) is 1. The van der Waals surface area contributed by atoms with Gasteiger partial charge < -0.3 is 10.1 Å². The first-order valence-electron chi connectivity index (χ1n) is 10.2. The lowest BCUT2D eigenvalue weighted by Gasteiger charge is -2.59. The number of nitrogens with zero attached hydrogens (tertiary/aromatic N) is 1. The Balaban J connectivity index is 1.33. The molecule has 4 nitrogen and oxygen atoms in total. The molecule has 0 spiro atoms. The topological polar surface area (TPSA) is 41.6 Å². The Morgan fingerprint density at radius 2 is 2.00 bits per heavy atom. The van der Waals surface area contributed by atoms with E-state index in [9.17, 15) is 4.79 Å². The zero-order valence-corrected chi connectivity index (χ0v) is 16.5. The van der Waals surface area contributed by atoms with Gasteiger partial charge in [-0.25, -0.2) is 0 Å². The highest BCUT2D eigenvalue weighted by Crippen LogP contribution is 2.63. The van der Waals surface area contributed by atoms with Crippen LogP contribution < -0.4 is 5.32 Å². The smallest absolute Gasteiger partial charge is 0.226 e. The third-order valence-electron chi connectivity index (χ3n) is 6.81. The van der Waals surface area contributed by atoms with Crippen molar-refractivity contribution in [3.05, 3.63) is 0 Å². The minimum absolute atomic E-state index is 0.100. The van der Waals surface area contributed by atoms with Crippen molar-refractivity contribution in [2.24, 2.45) is 23.2 Å². The van der Waals surface area contributed by atoms with Gasteiger partial charge in [0.05, 0.1) is 18.1 Å². The average molecular weight is 369 g/mol. The van der Waals surface area contributed by atoms with Crippen molar-refractivity contribution in [3.8, 4) is 0 Å². The average Bonchev–Trinajstić information content (AvgIpc) is 2.50. The molecule has 25 heavy (non-hydrogen) atoms. The van der Waals surface area contributed by atoms with E-state index in [4.69, 9.17) is 16.3 Å². The van der Waals surface area contributed by atoms with Crippen LogP contribution >= 0.6 is 11.6 Å². The van der Waals surface area contributed by atoms with Crippen molar-refractivity contribution in [3.63, 3.8) is 0 Å². The highest BCUT2D eigenvalue weighted by molar-refractivity contribution is 6.24. The minimum atomic E-state index is -0.196. The summed E-state index contributed by atoms with van der Waals surface area (Å²) in [7, 11) is 0. The maximum absolute atomic E-state index is 13.1. The molecule has 1 aliphatic heterocycles. The second-order valence-electron chi connectivity index (χ2n) is 9.75. The molecule has 5 heteroatoms. The van der Waals surface area contributed by atoms with E-state index in [1.165, 1.54) is 6.42 Å². The summed E-state index contributed by atoms with van der Waals surface area (Å²) in [6, 6.07) is 0. The first-order chi connectivity index (χ1) is 11.9. The standard InChI is InChI=1S/C20H33ClN2O2/c1-14(2)11-23-3-4-25-17(12-23)10-22-18(24)19-6-15-5-16(7-19)9-20(21,8-15)13-19/h14-17H,3-13H2,1-2H3,(H,22,24). The molecule has 5 aliphatic rings. The molecule has 1 amide bonds. The highest BCUT2D eigenvalue weighted by Gasteiger charge is 2.60. The number of carbonyl (C=O) groups is 1. The van der Waals surface area contributed by atoms with E-state index in [1.807, 2.05) is 0 Å². The van der Waals surface area contributed by atoms with E-state index in [1.54, 1.807) is 0 Å². The van der Waals surface area contributed by atoms with Gasteiger partial charge in [-0.15, -0.1) is 11.6 Å². The first kappa shape index (κ1) is 18.1. The van der Waals surface area contributed by atoms with Gasteiger partial charge in [-0.3, -0.25) is 9.69 Å². The monoisotopic (exact) mass is 368 g/mol. The number of hydrogen-bond donors (Lipinski definition) is 1. The van der Waals surface area contributed by atoms with E-state index in [0.717, 1.165) is 58.3 Å². The van der Waals surface area contributed by atoms with Gasteiger partial charge in [0.1, 0.15) is 0 Å². The molecular weight excluding hydrogens is 336 g/mol. The number of nitrogens with one attached hydrogen (secondary N) is 1. The molecule has 1 N–H and O–H groups in total. The van der Waals surface area contributed by atoms with E-state index >= 15 is 0 Å². The van der Waals surface area contributed by atoms with Crippen molar-refractivity contribution in [2.45, 2.75) is 63.4 Å². The summed E-state index contributed by atoms with van der Waals surface area (Å²) in [4.78, 5) is 15.5. The molecular formula is C20H33ClN2O2. The molecule has 3 atom stereocenters. The Morgan fingerprint density at radius 1 is 1.28 bits per heavy atom. The number of amides is 1. The Hall–Kier alpha value is -0.320. The fourth-order valence-electron chi connectivity index (χ4n) is 6.40. The lowest BCUT2D eigenvalue weighted by atomic mass is 9.49. The zero-order valence-electron chi connectivity index (χ0n) is 15.7. The molecule has 0 aromatic heterocycles. The van der Waals surface area contributed by atoms with Gasteiger partial charge in [0, 0.05) is 31.1 Å². The van der Waals surface area contributed by atoms with Gasteiger partial charge >= 0.3 is 0 Å². The summed E-state index contributed by atoms with van der Waals surface area (Å²) in [5.74, 6) is 2.24. The maximum atomic E-state index is 13.1. The normalized spacial score (nSPS) is 43.6. The first-order valence-corrected chi connectivity index (χ1v) is 10.5. The summed E-state index contributed by atoms with van der Waals surface area (Å²) in [5, 5.41) is 3.25. The zero-order chi connectivity index (χ0) is 17.7. The van der Waals surface area contributed by atoms with Crippen molar-refractivity contribution in [2.75, 3.05) is 32.8 Å². The van der Waals surface area contributed by atoms with Crippen LogP contribution in [-0.4, -0.2) is 54.6 Å². The van der Waals surface area contributed by atoms with Crippen LogP contribution in [0, 0.1) is 23.2 Å². The number of morpholine rings is 1. The van der Waals surface area contributed by atoms with Crippen LogP contribution in [0.3, 0.4) is 0 Å². The maximum Gasteiger partial charge on any atom is 0.226 e. The fourth-order valence-corrected chi connectivity index (χ4v) is 7.09. The lowest BCUT2D eigenvalue weighted by molar-refractivity contribution is -0.145. The van der Waals surface area contributed by atoms with E-state index < -0.39 is 0 Å². The van der Waals surface area contributed by atoms with Gasteiger partial charge in [0.2, 0.25) is 5.91 Å². The number of carbonyl (C=O) groups excluding carboxylic acids is 1. The molecule has 1 heterocycles. The lowest BCUT2D eigenvalue weighted by Crippen LogP contribution is -2.59. The molecule has 0 radical (unpaired) electrons. The van der Waals surface area contributed by atoms with Gasteiger partial charge in [0.15, 0.2) is 0 Å². The van der Waals surface area contributed by atoms with Crippen LogP contribution in [0.15, 0.2) is 0 Å². The Kier molecular flexibility index (Phi) is 4.83. The fraction of sp³-hybridized carbons (Fsp3) is 0.950. The third kappa shape index (κ3) is 3.72. The predicted octanol–water partition coefficient (Wildman–Crippen LogP) is 3.04. The molecule has 5 fully saturated rings. The van der Waals surface area contributed by atoms with Crippen LogP contribution in [0.1, 0.15) is 52.4 Å². The third-order valence-corrected chi connectivity index (χ3v) is 7.25. The van der Waals surface area contributed by atoms with Crippen LogP contribution in [0.4, 0.5) is 0 Å². The van der Waals surface area contributed by atoms with E-state index in [0.29, 0.717) is 24.3 Å². The van der Waals surface area contributed by atoms with Crippen molar-refractivity contribution in [1.82, 2.24) is 10.2 Å². The molecule has 5 rings (SSSR count). The SMILES string of the molecule is CC(C)CN1CCOC(CNC(=O)C23CC4CC(CC(Cl)(C4)C2)C3)C1. The highest BCUT2D eigenvalue weighted by atomic mass is 35.5. The van der Waals surface area contributed by atoms with Gasteiger partial charge in [-0.2, -0.15) is 0 Å². The van der Waals surface area contributed by atoms with Gasteiger partial charge in [-0.05, 0) is 56.3 Å². The van der Waals surface area contributed by atoms with Crippen molar-refractivity contribution < 1.29 is 9.53 Å². The van der Waals surface area contributed by atoms with E-state index in [-0.39, 0.29) is 22.3 Å². The molecule has 1 saturated heterocycles. The minimum Gasteiger partial charge on any atom is -0.374 e. The Morgan fingerprint density at radius 3 is 2.64 bits per heavy atom. The molecule has 4 aliphatic carbocycles. The largest absolute Gasteiger partial charge is 0.374 e. The van der Waals surface area contributed by atoms with Crippen LogP contribution in [0.25, 0.3) is 0 Å². The summed E-state index contributed by atoms with van der Waals surface area (Å²) in [6.07, 6.45) is 6.63. The van der Waals surface area contributed by atoms with Crippen LogP contribution in [0.5, 0.6) is 0 Å². The van der Waals surface area contributed by atoms with E-state index in [2.05, 4.69) is 24.1 Å². The molecule has 142 valence electrons. The Bertz CT molecular complexity index is 510. The molecule has 0 aromatic carbocycles. The second-order valence-corrected chi connectivity index (χ2v) is 10.6. The molecule has 0 aromatic rings. The summed E-state index contributed by atoms with van der Waals surface area (Å²) < 4.78 is 5.90. The number of halogens is 1. The van der Waals surface area contributed by atoms with Gasteiger partial charge in [-0.1, -0.05) is 13.8 Å². The quantitative estimate of drug-likeness (QED) is 0.758. The number of hydrogen-bond acceptors (Lipinski definition) is 3. The van der Waals surface area contributed by atoms with Gasteiger partial charge in [0.25, 0.3) is 0 Å². The summed E-state index contributed by atoms with van der Waals surface area (Å²) in [6.45, 7) is 8.95. The molecule has 4 bridgehead atoms. The van der Waals surface area contributed by atoms with Crippen molar-refractivity contribution in [1.29, 1.82) is 0 Å². The molecule has 4 saturated carbocycles. The van der Waals surface area contributed by atoms with Crippen LogP contribution in [0.2, 0.25) is 0 Å². The number of alkyl halides is 1. The predicted molar refractivity (Wildman–Crippen MR) is 99.7 cm³/mol. The number of rotatable bonds is 5. The summed E-state index contributed by atoms with van der Waals surface area (Å²) >= 11 is 6.87. The van der Waals surface area contributed by atoms with Crippen LogP contribution in [-0.2, 0) is 9.53 Å². The Labute approximate surface area is 157 Å².